The minimum atomic E-state index is -0.320. The lowest BCUT2D eigenvalue weighted by atomic mass is 10.1. The lowest BCUT2D eigenvalue weighted by Gasteiger charge is -2.01. The zero-order valence-electron chi connectivity index (χ0n) is 8.27. The van der Waals surface area contributed by atoms with E-state index in [0.29, 0.717) is 0 Å². The van der Waals surface area contributed by atoms with Gasteiger partial charge in [-0.1, -0.05) is 12.1 Å². The monoisotopic (exact) mass is 218 g/mol. The molecule has 0 fully saturated rings. The average molecular weight is 218 g/mol. The zero-order valence-corrected chi connectivity index (χ0v) is 9.08. The third kappa shape index (κ3) is 2.30. The van der Waals surface area contributed by atoms with Crippen LogP contribution in [0.4, 0.5) is 0 Å². The molecule has 0 spiro atoms. The highest BCUT2D eigenvalue weighted by Gasteiger charge is 1.98. The van der Waals surface area contributed by atoms with Gasteiger partial charge in [-0.25, -0.2) is 4.79 Å². The van der Waals surface area contributed by atoms with Gasteiger partial charge in [0, 0.05) is 16.5 Å². The van der Waals surface area contributed by atoms with E-state index in [9.17, 15) is 4.79 Å². The van der Waals surface area contributed by atoms with E-state index in [4.69, 9.17) is 4.42 Å². The van der Waals surface area contributed by atoms with Gasteiger partial charge in [-0.05, 0) is 30.0 Å². The van der Waals surface area contributed by atoms with E-state index in [0.717, 1.165) is 11.1 Å². The molecule has 0 unspecified atom stereocenters. The van der Waals surface area contributed by atoms with Crippen molar-refractivity contribution in [3.8, 4) is 11.1 Å². The van der Waals surface area contributed by atoms with E-state index in [1.165, 1.54) is 17.2 Å². The second kappa shape index (κ2) is 4.36. The summed E-state index contributed by atoms with van der Waals surface area (Å²) in [6, 6.07) is 11.3. The van der Waals surface area contributed by atoms with Gasteiger partial charge in [-0.2, -0.15) is 0 Å². The zero-order chi connectivity index (χ0) is 10.7. The number of rotatable bonds is 2. The van der Waals surface area contributed by atoms with Crippen LogP contribution >= 0.6 is 11.8 Å². The Morgan fingerprint density at radius 2 is 1.67 bits per heavy atom. The highest BCUT2D eigenvalue weighted by Crippen LogP contribution is 2.21. The second-order valence-electron chi connectivity index (χ2n) is 3.07. The molecule has 0 bridgehead atoms. The predicted molar refractivity (Wildman–Crippen MR) is 62.2 cm³/mol. The maximum absolute atomic E-state index is 10.8. The van der Waals surface area contributed by atoms with Crippen molar-refractivity contribution in [3.63, 3.8) is 0 Å². The summed E-state index contributed by atoms with van der Waals surface area (Å²) >= 11 is 1.70. The van der Waals surface area contributed by atoms with E-state index in [-0.39, 0.29) is 5.63 Å². The summed E-state index contributed by atoms with van der Waals surface area (Å²) in [6.45, 7) is 0. The van der Waals surface area contributed by atoms with E-state index >= 15 is 0 Å². The molecule has 0 saturated carbocycles. The van der Waals surface area contributed by atoms with Crippen molar-refractivity contribution < 1.29 is 4.42 Å². The molecule has 0 saturated heterocycles. The number of thioether (sulfide) groups is 1. The highest BCUT2D eigenvalue weighted by atomic mass is 32.2. The Labute approximate surface area is 91.9 Å². The summed E-state index contributed by atoms with van der Waals surface area (Å²) in [6.07, 6.45) is 3.52. The van der Waals surface area contributed by atoms with E-state index < -0.39 is 0 Å². The van der Waals surface area contributed by atoms with Crippen LogP contribution in [-0.4, -0.2) is 6.26 Å². The Morgan fingerprint density at radius 1 is 1.00 bits per heavy atom. The van der Waals surface area contributed by atoms with Crippen molar-refractivity contribution in [3.05, 3.63) is 53.1 Å². The molecule has 2 nitrogen and oxygen atoms in total. The molecular formula is C12H10O2S. The molecule has 0 aliphatic carbocycles. The average Bonchev–Trinajstić information content (AvgIpc) is 2.30. The van der Waals surface area contributed by atoms with Crippen LogP contribution in [0.1, 0.15) is 0 Å². The molecule has 2 rings (SSSR count). The smallest absolute Gasteiger partial charge is 0.335 e. The van der Waals surface area contributed by atoms with Crippen LogP contribution in [0, 0.1) is 0 Å². The maximum Gasteiger partial charge on any atom is 0.335 e. The van der Waals surface area contributed by atoms with Gasteiger partial charge in [0.2, 0.25) is 0 Å². The van der Waals surface area contributed by atoms with Gasteiger partial charge in [0.25, 0.3) is 0 Å². The third-order valence-corrected chi connectivity index (χ3v) is 2.87. The van der Waals surface area contributed by atoms with Gasteiger partial charge in [0.1, 0.15) is 6.26 Å². The Hall–Kier alpha value is -1.48. The third-order valence-electron chi connectivity index (χ3n) is 2.12. The summed E-state index contributed by atoms with van der Waals surface area (Å²) < 4.78 is 4.81. The fraction of sp³-hybridized carbons (Fsp3) is 0.0833. The quantitative estimate of drug-likeness (QED) is 0.726. The SMILES string of the molecule is CSc1ccc(-c2ccc(=O)oc2)cc1. The van der Waals surface area contributed by atoms with Crippen LogP contribution < -0.4 is 5.63 Å². The summed E-state index contributed by atoms with van der Waals surface area (Å²) in [4.78, 5) is 12.0. The molecule has 3 heteroatoms. The first-order chi connectivity index (χ1) is 7.29. The van der Waals surface area contributed by atoms with Crippen molar-refractivity contribution in [1.82, 2.24) is 0 Å². The summed E-state index contributed by atoms with van der Waals surface area (Å²) in [7, 11) is 0. The molecule has 0 N–H and O–H groups in total. The van der Waals surface area contributed by atoms with Crippen molar-refractivity contribution in [2.24, 2.45) is 0 Å². The van der Waals surface area contributed by atoms with E-state index in [2.05, 4.69) is 0 Å². The van der Waals surface area contributed by atoms with Crippen LogP contribution in [0.3, 0.4) is 0 Å². The molecule has 1 aromatic heterocycles. The van der Waals surface area contributed by atoms with E-state index in [1.54, 1.807) is 17.8 Å². The summed E-state index contributed by atoms with van der Waals surface area (Å²) in [5.41, 5.74) is 1.65. The lowest BCUT2D eigenvalue weighted by molar-refractivity contribution is 0.512. The molecule has 76 valence electrons. The molecule has 0 atom stereocenters. The Kier molecular flexibility index (Phi) is 2.92. The fourth-order valence-corrected chi connectivity index (χ4v) is 1.71. The van der Waals surface area contributed by atoms with Crippen LogP contribution in [0.15, 0.2) is 56.8 Å². The molecule has 2 aromatic rings. The van der Waals surface area contributed by atoms with Crippen molar-refractivity contribution in [2.45, 2.75) is 4.90 Å². The normalized spacial score (nSPS) is 10.2. The molecule has 0 aliphatic rings. The summed E-state index contributed by atoms with van der Waals surface area (Å²) in [5.74, 6) is 0. The first-order valence-electron chi connectivity index (χ1n) is 4.53. The maximum atomic E-state index is 10.8. The fourth-order valence-electron chi connectivity index (χ4n) is 1.31. The molecular weight excluding hydrogens is 208 g/mol. The van der Waals surface area contributed by atoms with Gasteiger partial charge >= 0.3 is 5.63 Å². The van der Waals surface area contributed by atoms with Gasteiger partial charge in [-0.15, -0.1) is 11.8 Å². The minimum absolute atomic E-state index is 0.320. The number of hydrogen-bond acceptors (Lipinski definition) is 3. The molecule has 15 heavy (non-hydrogen) atoms. The topological polar surface area (TPSA) is 30.2 Å². The van der Waals surface area contributed by atoms with Crippen LogP contribution in [0.25, 0.3) is 11.1 Å². The highest BCUT2D eigenvalue weighted by molar-refractivity contribution is 7.98. The molecule has 1 heterocycles. The molecule has 0 radical (unpaired) electrons. The Bertz CT molecular complexity index is 479. The van der Waals surface area contributed by atoms with Crippen LogP contribution in [0.5, 0.6) is 0 Å². The molecule has 1 aromatic carbocycles. The summed E-state index contributed by atoms with van der Waals surface area (Å²) in [5, 5.41) is 0. The standard InChI is InChI=1S/C12H10O2S/c1-15-11-5-2-9(3-6-11)10-4-7-12(13)14-8-10/h2-8H,1H3. The van der Waals surface area contributed by atoms with Crippen molar-refractivity contribution in [1.29, 1.82) is 0 Å². The van der Waals surface area contributed by atoms with Gasteiger partial charge < -0.3 is 4.42 Å². The molecule has 0 amide bonds. The van der Waals surface area contributed by atoms with Crippen molar-refractivity contribution in [2.75, 3.05) is 6.26 Å². The Balaban J connectivity index is 2.37. The van der Waals surface area contributed by atoms with E-state index in [1.807, 2.05) is 30.5 Å². The van der Waals surface area contributed by atoms with Crippen LogP contribution in [0.2, 0.25) is 0 Å². The van der Waals surface area contributed by atoms with Gasteiger partial charge in [0.05, 0.1) is 0 Å². The van der Waals surface area contributed by atoms with Crippen LogP contribution in [-0.2, 0) is 0 Å². The second-order valence-corrected chi connectivity index (χ2v) is 3.95. The molecule has 0 aliphatic heterocycles. The minimum Gasteiger partial charge on any atom is -0.431 e. The first kappa shape index (κ1) is 10.1. The first-order valence-corrected chi connectivity index (χ1v) is 5.75. The number of hydrogen-bond donors (Lipinski definition) is 0. The largest absolute Gasteiger partial charge is 0.431 e. The lowest BCUT2D eigenvalue weighted by Crippen LogP contribution is -1.93. The van der Waals surface area contributed by atoms with Gasteiger partial charge in [0.15, 0.2) is 0 Å². The Morgan fingerprint density at radius 3 is 2.20 bits per heavy atom. The number of benzene rings is 1. The van der Waals surface area contributed by atoms with Crippen molar-refractivity contribution >= 4 is 11.8 Å². The predicted octanol–water partition coefficient (Wildman–Crippen LogP) is 3.03. The van der Waals surface area contributed by atoms with Gasteiger partial charge in [-0.3, -0.25) is 0 Å².